The average molecular weight is 626 g/mol. The van der Waals surface area contributed by atoms with Crippen LogP contribution in [0.4, 0.5) is 14.5 Å². The number of pyridine rings is 2. The highest BCUT2D eigenvalue weighted by Gasteiger charge is 2.56. The predicted molar refractivity (Wildman–Crippen MR) is 166 cm³/mol. The summed E-state index contributed by atoms with van der Waals surface area (Å²) in [5.41, 5.74) is -0.396. The Kier molecular flexibility index (Phi) is 10.8. The van der Waals surface area contributed by atoms with Crippen molar-refractivity contribution in [2.24, 2.45) is 5.41 Å². The van der Waals surface area contributed by atoms with Gasteiger partial charge in [-0.2, -0.15) is 0 Å². The molecule has 0 spiro atoms. The van der Waals surface area contributed by atoms with Crippen molar-refractivity contribution in [3.8, 4) is 17.4 Å². The van der Waals surface area contributed by atoms with Crippen LogP contribution < -0.4 is 20.1 Å². The first-order valence-electron chi connectivity index (χ1n) is 15.7. The number of halogens is 2. The first-order valence-corrected chi connectivity index (χ1v) is 15.7. The number of carbonyl (C=O) groups is 2. The van der Waals surface area contributed by atoms with Gasteiger partial charge in [-0.3, -0.25) is 19.5 Å². The number of morpholine rings is 1. The maximum atomic E-state index is 15.1. The van der Waals surface area contributed by atoms with E-state index in [1.807, 2.05) is 13.8 Å². The number of hydrogen-bond acceptors (Lipinski definition) is 8. The summed E-state index contributed by atoms with van der Waals surface area (Å²) in [5.74, 6) is -0.825. The minimum absolute atomic E-state index is 0.0481. The van der Waals surface area contributed by atoms with Gasteiger partial charge in [0.1, 0.15) is 23.4 Å². The highest BCUT2D eigenvalue weighted by atomic mass is 19.1. The van der Waals surface area contributed by atoms with Gasteiger partial charge in [-0.1, -0.05) is 13.3 Å². The third kappa shape index (κ3) is 8.43. The van der Waals surface area contributed by atoms with Crippen LogP contribution in [-0.4, -0.2) is 78.4 Å². The number of nitrogens with one attached hydrogen (secondary N) is 2. The van der Waals surface area contributed by atoms with Gasteiger partial charge >= 0.3 is 0 Å². The van der Waals surface area contributed by atoms with Crippen LogP contribution in [-0.2, 0) is 14.3 Å². The van der Waals surface area contributed by atoms with Crippen molar-refractivity contribution in [3.63, 3.8) is 0 Å². The molecule has 2 atom stereocenters. The van der Waals surface area contributed by atoms with Gasteiger partial charge in [-0.05, 0) is 57.2 Å². The van der Waals surface area contributed by atoms with E-state index in [0.29, 0.717) is 61.2 Å². The number of rotatable bonds is 15. The number of alkyl halides is 1. The van der Waals surface area contributed by atoms with E-state index in [2.05, 4.69) is 25.5 Å². The van der Waals surface area contributed by atoms with Gasteiger partial charge in [0, 0.05) is 56.4 Å². The Hall–Kier alpha value is -3.90. The van der Waals surface area contributed by atoms with Crippen LogP contribution in [0, 0.1) is 11.2 Å². The molecule has 2 amide bonds. The number of aromatic nitrogens is 2. The summed E-state index contributed by atoms with van der Waals surface area (Å²) < 4.78 is 46.1. The van der Waals surface area contributed by atoms with Gasteiger partial charge in [-0.15, -0.1) is 0 Å². The van der Waals surface area contributed by atoms with Crippen LogP contribution in [0.2, 0.25) is 0 Å². The lowest BCUT2D eigenvalue weighted by Gasteiger charge is -2.29. The third-order valence-corrected chi connectivity index (χ3v) is 8.11. The van der Waals surface area contributed by atoms with E-state index < -0.39 is 23.3 Å². The molecule has 1 aliphatic heterocycles. The van der Waals surface area contributed by atoms with Crippen molar-refractivity contribution in [3.05, 3.63) is 48.5 Å². The molecular weight excluding hydrogens is 584 g/mol. The molecule has 2 aliphatic rings. The lowest BCUT2D eigenvalue weighted by atomic mass is 10.0. The van der Waals surface area contributed by atoms with E-state index in [0.717, 1.165) is 45.3 Å². The normalized spacial score (nSPS) is 17.3. The van der Waals surface area contributed by atoms with Crippen LogP contribution in [0.25, 0.3) is 10.9 Å². The number of carbonyl (C=O) groups excluding carboxylic acids is 2. The Bertz CT molecular complexity index is 1480. The van der Waals surface area contributed by atoms with Crippen molar-refractivity contribution < 1.29 is 32.6 Å². The van der Waals surface area contributed by atoms with E-state index in [4.69, 9.17) is 14.2 Å². The monoisotopic (exact) mass is 625 g/mol. The lowest BCUT2D eigenvalue weighted by Crippen LogP contribution is -2.41. The Morgan fingerprint density at radius 3 is 2.62 bits per heavy atom. The predicted octanol–water partition coefficient (Wildman–Crippen LogP) is 5.41. The Morgan fingerprint density at radius 2 is 1.89 bits per heavy atom. The van der Waals surface area contributed by atoms with Gasteiger partial charge in [-0.25, -0.2) is 13.8 Å². The number of fused-ring (bicyclic) bond motifs is 1. The Labute approximate surface area is 261 Å². The fraction of sp³-hybridized carbons (Fsp3) is 0.515. The molecule has 1 aliphatic carbocycles. The third-order valence-electron chi connectivity index (χ3n) is 8.11. The number of hydrogen-bond donors (Lipinski definition) is 2. The molecule has 1 saturated carbocycles. The van der Waals surface area contributed by atoms with Gasteiger partial charge in [0.2, 0.25) is 17.7 Å². The molecule has 2 unspecified atom stereocenters. The van der Waals surface area contributed by atoms with Gasteiger partial charge in [0.25, 0.3) is 0 Å². The van der Waals surface area contributed by atoms with E-state index in [1.165, 1.54) is 12.1 Å². The minimum atomic E-state index is -1.18. The topological polar surface area (TPSA) is 115 Å². The summed E-state index contributed by atoms with van der Waals surface area (Å²) in [5, 5.41) is 6.00. The summed E-state index contributed by atoms with van der Waals surface area (Å²) >= 11 is 0. The van der Waals surface area contributed by atoms with Gasteiger partial charge < -0.3 is 24.8 Å². The second-order valence-electron chi connectivity index (χ2n) is 11.8. The smallest absolute Gasteiger partial charge is 0.240 e. The molecule has 3 aromatic rings. The number of anilines is 1. The fourth-order valence-corrected chi connectivity index (χ4v) is 5.41. The molecule has 2 aromatic heterocycles. The summed E-state index contributed by atoms with van der Waals surface area (Å²) in [6.07, 6.45) is 5.13. The second kappa shape index (κ2) is 14.9. The highest BCUT2D eigenvalue weighted by Crippen LogP contribution is 2.47. The zero-order chi connectivity index (χ0) is 31.8. The first kappa shape index (κ1) is 32.5. The highest BCUT2D eigenvalue weighted by molar-refractivity contribution is 6.13. The molecule has 12 heteroatoms. The number of ether oxygens (including phenoxy) is 3. The fourth-order valence-electron chi connectivity index (χ4n) is 5.41. The molecule has 45 heavy (non-hydrogen) atoms. The quantitative estimate of drug-likeness (QED) is 0.170. The van der Waals surface area contributed by atoms with Crippen molar-refractivity contribution in [1.82, 2.24) is 20.2 Å². The van der Waals surface area contributed by atoms with E-state index >= 15 is 4.39 Å². The molecular formula is C33H41F2N5O5. The van der Waals surface area contributed by atoms with Crippen molar-refractivity contribution in [1.29, 1.82) is 0 Å². The number of amides is 2. The van der Waals surface area contributed by atoms with Crippen LogP contribution in [0.5, 0.6) is 17.4 Å². The van der Waals surface area contributed by atoms with Crippen molar-refractivity contribution >= 4 is 28.4 Å². The molecule has 1 aromatic carbocycles. The standard InChI is InChI=1S/C33H41F2N5O5/c1-3-5-23(34)6-4-12-37-31(41)33(10-11-33)32(42)39-24-7-8-29(26(35)18-24)45-28-9-13-36-27-19-30(38-20-25(27)28)44-22(2)21-40-14-16-43-17-15-40/h7-9,13,18-20,22-23H,3-6,10-12,14-17,21H2,1-2H3,(H,37,41)(H,39,42). The van der Waals surface area contributed by atoms with Crippen LogP contribution in [0.1, 0.15) is 52.4 Å². The van der Waals surface area contributed by atoms with E-state index in [9.17, 15) is 14.0 Å². The first-order chi connectivity index (χ1) is 21.8. The molecule has 5 rings (SSSR count). The van der Waals surface area contributed by atoms with Crippen molar-refractivity contribution in [2.75, 3.05) is 44.7 Å². The minimum Gasteiger partial charge on any atom is -0.473 e. The lowest BCUT2D eigenvalue weighted by molar-refractivity contribution is -0.134. The summed E-state index contributed by atoms with van der Waals surface area (Å²) in [7, 11) is 0. The maximum Gasteiger partial charge on any atom is 0.240 e. The Morgan fingerprint density at radius 1 is 1.09 bits per heavy atom. The molecule has 0 bridgehead atoms. The Balaban J connectivity index is 1.16. The summed E-state index contributed by atoms with van der Waals surface area (Å²) in [4.78, 5) is 36.8. The van der Waals surface area contributed by atoms with Crippen LogP contribution >= 0.6 is 0 Å². The van der Waals surface area contributed by atoms with Gasteiger partial charge in [0.15, 0.2) is 11.6 Å². The maximum absolute atomic E-state index is 15.1. The van der Waals surface area contributed by atoms with Gasteiger partial charge in [0.05, 0.1) is 24.1 Å². The number of benzene rings is 1. The second-order valence-corrected chi connectivity index (χ2v) is 11.8. The van der Waals surface area contributed by atoms with Crippen LogP contribution in [0.3, 0.4) is 0 Å². The molecule has 242 valence electrons. The molecule has 3 heterocycles. The van der Waals surface area contributed by atoms with Crippen molar-refractivity contribution in [2.45, 2.75) is 64.6 Å². The summed E-state index contributed by atoms with van der Waals surface area (Å²) in [6, 6.07) is 7.43. The van der Waals surface area contributed by atoms with E-state index in [-0.39, 0.29) is 23.4 Å². The SMILES string of the molecule is CCCC(F)CCCNC(=O)C1(C(=O)Nc2ccc(Oc3ccnc4cc(OC(C)CN5CCOCC5)ncc34)c(F)c2)CC1. The molecule has 2 N–H and O–H groups in total. The number of nitrogens with zero attached hydrogens (tertiary/aromatic N) is 3. The van der Waals surface area contributed by atoms with E-state index in [1.54, 1.807) is 24.5 Å². The van der Waals surface area contributed by atoms with Crippen LogP contribution in [0.15, 0.2) is 42.7 Å². The molecule has 2 fully saturated rings. The molecule has 10 nitrogen and oxygen atoms in total. The zero-order valence-electron chi connectivity index (χ0n) is 25.8. The average Bonchev–Trinajstić information content (AvgIpc) is 3.84. The largest absolute Gasteiger partial charge is 0.473 e. The molecule has 1 saturated heterocycles. The zero-order valence-corrected chi connectivity index (χ0v) is 25.8. The summed E-state index contributed by atoms with van der Waals surface area (Å²) in [6.45, 7) is 8.15. The molecule has 0 radical (unpaired) electrons.